The van der Waals surface area contributed by atoms with E-state index in [0.29, 0.717) is 11.7 Å². The highest BCUT2D eigenvalue weighted by molar-refractivity contribution is 5.91. The number of nitrogens with two attached hydrogens (primary N) is 1. The van der Waals surface area contributed by atoms with E-state index in [1.165, 1.54) is 33.3 Å². The Balaban J connectivity index is 0.000000279. The van der Waals surface area contributed by atoms with Gasteiger partial charge >= 0.3 is 6.09 Å². The normalized spacial score (nSPS) is 13.6. The second-order valence-electron chi connectivity index (χ2n) is 10.3. The third-order valence-electron chi connectivity index (χ3n) is 6.78. The fourth-order valence-corrected chi connectivity index (χ4v) is 4.62. The molecule has 1 fully saturated rings. The van der Waals surface area contributed by atoms with Crippen molar-refractivity contribution >= 4 is 17.7 Å². The average Bonchev–Trinajstić information content (AvgIpc) is 2.93. The summed E-state index contributed by atoms with van der Waals surface area (Å²) < 4.78 is 4.65. The first-order chi connectivity index (χ1) is 18.1. The lowest BCUT2D eigenvalue weighted by atomic mass is 9.93. The molecular weight excluding hydrogens is 476 g/mol. The number of carbonyl (C=O) groups is 2. The van der Waals surface area contributed by atoms with Crippen LogP contribution in [0.5, 0.6) is 0 Å². The van der Waals surface area contributed by atoms with Crippen LogP contribution in [0.25, 0.3) is 22.4 Å². The molecule has 1 aromatic heterocycles. The van der Waals surface area contributed by atoms with Crippen molar-refractivity contribution in [1.29, 1.82) is 0 Å². The van der Waals surface area contributed by atoms with Crippen LogP contribution in [0, 0.1) is 0 Å². The Morgan fingerprint density at radius 1 is 1.00 bits per heavy atom. The van der Waals surface area contributed by atoms with E-state index in [2.05, 4.69) is 15.0 Å². The molecule has 0 atom stereocenters. The number of anilines is 1. The number of aromatic nitrogens is 1. The first-order valence-corrected chi connectivity index (χ1v) is 13.1. The van der Waals surface area contributed by atoms with E-state index in [4.69, 9.17) is 5.73 Å². The Labute approximate surface area is 226 Å². The minimum Gasteiger partial charge on any atom is -0.453 e. The van der Waals surface area contributed by atoms with Crippen LogP contribution in [0.2, 0.25) is 0 Å². The summed E-state index contributed by atoms with van der Waals surface area (Å²) in [6, 6.07) is 20.5. The fourth-order valence-electron chi connectivity index (χ4n) is 4.62. The van der Waals surface area contributed by atoms with Crippen LogP contribution in [-0.4, -0.2) is 42.1 Å². The maximum absolute atomic E-state index is 11.4. The molecule has 7 nitrogen and oxygen atoms in total. The van der Waals surface area contributed by atoms with Gasteiger partial charge in [-0.15, -0.1) is 0 Å². The molecule has 0 unspecified atom stereocenters. The van der Waals surface area contributed by atoms with Crippen molar-refractivity contribution in [2.24, 2.45) is 5.73 Å². The van der Waals surface area contributed by atoms with E-state index in [1.807, 2.05) is 81.6 Å². The Kier molecular flexibility index (Phi) is 10.0. The van der Waals surface area contributed by atoms with Gasteiger partial charge in [-0.2, -0.15) is 0 Å². The molecule has 202 valence electrons. The standard InChI is InChI=1S/C22H23N3O.C9H17NO2/c1-15(26)25-19-13-20(16-7-5-4-6-8-16)21(24-14-19)17-9-11-18(12-10-17)22(2,3)23;1-10(9(11)12-2)8-6-4-3-5-7-8/h4-14H,23H2,1-3H3,(H,25,26);8H,3-7H2,1-2H3. The van der Waals surface area contributed by atoms with Crippen LogP contribution in [0.3, 0.4) is 0 Å². The maximum Gasteiger partial charge on any atom is 0.409 e. The summed E-state index contributed by atoms with van der Waals surface area (Å²) in [6.07, 6.45) is 7.53. The van der Waals surface area contributed by atoms with Crippen LogP contribution in [0.4, 0.5) is 10.5 Å². The van der Waals surface area contributed by atoms with E-state index in [-0.39, 0.29) is 17.5 Å². The number of amides is 2. The van der Waals surface area contributed by atoms with Crippen LogP contribution >= 0.6 is 0 Å². The molecule has 1 aliphatic rings. The van der Waals surface area contributed by atoms with Crippen molar-refractivity contribution in [2.75, 3.05) is 19.5 Å². The van der Waals surface area contributed by atoms with Gasteiger partial charge in [-0.25, -0.2) is 4.79 Å². The third kappa shape index (κ3) is 7.89. The molecule has 0 bridgehead atoms. The molecule has 3 aromatic rings. The van der Waals surface area contributed by atoms with E-state index < -0.39 is 0 Å². The molecule has 4 rings (SSSR count). The number of nitrogens with zero attached hydrogens (tertiary/aromatic N) is 2. The first-order valence-electron chi connectivity index (χ1n) is 13.1. The lowest BCUT2D eigenvalue weighted by Gasteiger charge is -2.29. The number of carbonyl (C=O) groups excluding carboxylic acids is 2. The van der Waals surface area contributed by atoms with Gasteiger partial charge in [0.05, 0.1) is 24.7 Å². The molecule has 2 aromatic carbocycles. The van der Waals surface area contributed by atoms with Gasteiger partial charge in [-0.1, -0.05) is 73.9 Å². The van der Waals surface area contributed by atoms with E-state index in [9.17, 15) is 9.59 Å². The second-order valence-corrected chi connectivity index (χ2v) is 10.3. The molecule has 2 amide bonds. The molecule has 1 aliphatic carbocycles. The summed E-state index contributed by atoms with van der Waals surface area (Å²) in [5.74, 6) is -0.118. The number of hydrogen-bond acceptors (Lipinski definition) is 5. The van der Waals surface area contributed by atoms with Gasteiger partial charge < -0.3 is 20.7 Å². The molecule has 1 saturated carbocycles. The van der Waals surface area contributed by atoms with Gasteiger partial charge in [0.1, 0.15) is 0 Å². The molecule has 0 aliphatic heterocycles. The van der Waals surface area contributed by atoms with Gasteiger partial charge in [-0.05, 0) is 43.9 Å². The third-order valence-corrected chi connectivity index (χ3v) is 6.78. The first kappa shape index (κ1) is 28.9. The number of pyridine rings is 1. The van der Waals surface area contributed by atoms with E-state index >= 15 is 0 Å². The molecule has 38 heavy (non-hydrogen) atoms. The lowest BCUT2D eigenvalue weighted by Crippen LogP contribution is -2.38. The number of benzene rings is 2. The molecular formula is C31H40N4O3. The highest BCUT2D eigenvalue weighted by Gasteiger charge is 2.22. The summed E-state index contributed by atoms with van der Waals surface area (Å²) in [4.78, 5) is 28.9. The molecule has 1 heterocycles. The number of hydrogen-bond donors (Lipinski definition) is 2. The highest BCUT2D eigenvalue weighted by Crippen LogP contribution is 2.33. The van der Waals surface area contributed by atoms with Crippen molar-refractivity contribution in [3.8, 4) is 22.4 Å². The second kappa shape index (κ2) is 13.2. The van der Waals surface area contributed by atoms with Gasteiger partial charge in [0, 0.05) is 36.7 Å². The van der Waals surface area contributed by atoms with Gasteiger partial charge in [0.2, 0.25) is 5.91 Å². The topological polar surface area (TPSA) is 97.5 Å². The number of ether oxygens (including phenoxy) is 1. The number of rotatable bonds is 5. The number of nitrogens with one attached hydrogen (secondary N) is 1. The zero-order valence-electron chi connectivity index (χ0n) is 23.2. The fraction of sp³-hybridized carbons (Fsp3) is 0.387. The van der Waals surface area contributed by atoms with Crippen LogP contribution in [0.1, 0.15) is 58.4 Å². The van der Waals surface area contributed by atoms with Crippen molar-refractivity contribution in [3.05, 3.63) is 72.4 Å². The molecule has 3 N–H and O–H groups in total. The predicted molar refractivity (Wildman–Crippen MR) is 154 cm³/mol. The summed E-state index contributed by atoms with van der Waals surface area (Å²) >= 11 is 0. The summed E-state index contributed by atoms with van der Waals surface area (Å²) in [5, 5.41) is 2.80. The van der Waals surface area contributed by atoms with Crippen LogP contribution in [0.15, 0.2) is 66.9 Å². The van der Waals surface area contributed by atoms with Crippen LogP contribution in [-0.2, 0) is 15.1 Å². The molecule has 0 radical (unpaired) electrons. The quantitative estimate of drug-likeness (QED) is 0.399. The van der Waals surface area contributed by atoms with Crippen molar-refractivity contribution in [2.45, 2.75) is 64.5 Å². The Morgan fingerprint density at radius 3 is 2.18 bits per heavy atom. The van der Waals surface area contributed by atoms with Crippen molar-refractivity contribution in [3.63, 3.8) is 0 Å². The summed E-state index contributed by atoms with van der Waals surface area (Å²) in [6.45, 7) is 5.46. The Hall–Kier alpha value is -3.71. The van der Waals surface area contributed by atoms with Gasteiger partial charge in [-0.3, -0.25) is 9.78 Å². The summed E-state index contributed by atoms with van der Waals surface area (Å²) in [7, 11) is 3.25. The monoisotopic (exact) mass is 516 g/mol. The predicted octanol–water partition coefficient (Wildman–Crippen LogP) is 6.59. The summed E-state index contributed by atoms with van der Waals surface area (Å²) in [5.41, 5.74) is 11.4. The van der Waals surface area contributed by atoms with Crippen LogP contribution < -0.4 is 11.1 Å². The minimum atomic E-state index is -0.385. The molecule has 0 saturated heterocycles. The molecule has 7 heteroatoms. The van der Waals surface area contributed by atoms with Gasteiger partial charge in [0.15, 0.2) is 0 Å². The Bertz CT molecular complexity index is 1200. The average molecular weight is 517 g/mol. The minimum absolute atomic E-state index is 0.118. The molecule has 0 spiro atoms. The lowest BCUT2D eigenvalue weighted by molar-refractivity contribution is -0.114. The smallest absolute Gasteiger partial charge is 0.409 e. The van der Waals surface area contributed by atoms with E-state index in [1.54, 1.807) is 11.1 Å². The van der Waals surface area contributed by atoms with Gasteiger partial charge in [0.25, 0.3) is 0 Å². The Morgan fingerprint density at radius 2 is 1.63 bits per heavy atom. The van der Waals surface area contributed by atoms with Crippen molar-refractivity contribution in [1.82, 2.24) is 9.88 Å². The van der Waals surface area contributed by atoms with Crippen molar-refractivity contribution < 1.29 is 14.3 Å². The van der Waals surface area contributed by atoms with E-state index in [0.717, 1.165) is 40.8 Å². The highest BCUT2D eigenvalue weighted by atomic mass is 16.5. The zero-order chi connectivity index (χ0) is 27.7. The zero-order valence-corrected chi connectivity index (χ0v) is 23.2. The number of methoxy groups -OCH3 is 1. The SMILES string of the molecule is CC(=O)Nc1cnc(-c2ccc(C(C)(C)N)cc2)c(-c2ccccc2)c1.COC(=O)N(C)C1CCCCC1. The maximum atomic E-state index is 11.4. The largest absolute Gasteiger partial charge is 0.453 e.